The molecule has 3 heteroatoms. The highest BCUT2D eigenvalue weighted by Gasteiger charge is 2.11. The van der Waals surface area contributed by atoms with Crippen molar-refractivity contribution in [2.24, 2.45) is 11.1 Å². The normalized spacial score (nSPS) is 17.8. The maximum atomic E-state index is 10.3. The molecule has 0 fully saturated rings. The zero-order chi connectivity index (χ0) is 12.0. The zero-order valence-electron chi connectivity index (χ0n) is 9.89. The molecule has 1 atom stereocenters. The van der Waals surface area contributed by atoms with E-state index < -0.39 is 0 Å². The molecule has 1 aliphatic heterocycles. The van der Waals surface area contributed by atoms with E-state index in [2.05, 4.69) is 31.7 Å². The second-order valence-electron chi connectivity index (χ2n) is 3.89. The summed E-state index contributed by atoms with van der Waals surface area (Å²) in [5.41, 5.74) is 1.72. The van der Waals surface area contributed by atoms with Crippen molar-refractivity contribution in [2.45, 2.75) is 20.3 Å². The van der Waals surface area contributed by atoms with Gasteiger partial charge in [-0.15, -0.1) is 0 Å². The van der Waals surface area contributed by atoms with Crippen LogP contribution in [-0.4, -0.2) is 11.4 Å². The van der Waals surface area contributed by atoms with Crippen molar-refractivity contribution in [1.29, 1.82) is 0 Å². The lowest BCUT2D eigenvalue weighted by molar-refractivity contribution is 0.563. The van der Waals surface area contributed by atoms with Gasteiger partial charge in [-0.25, -0.2) is 0 Å². The minimum atomic E-state index is 0.175. The van der Waals surface area contributed by atoms with Gasteiger partial charge in [0.1, 0.15) is 6.54 Å². The van der Waals surface area contributed by atoms with E-state index in [-0.39, 0.29) is 6.54 Å². The fourth-order valence-electron chi connectivity index (χ4n) is 1.37. The lowest BCUT2D eigenvalue weighted by atomic mass is 10.1. The quantitative estimate of drug-likeness (QED) is 0.661. The van der Waals surface area contributed by atoms with Gasteiger partial charge in [-0.05, 0) is 18.1 Å². The van der Waals surface area contributed by atoms with Crippen LogP contribution >= 0.6 is 0 Å². The lowest BCUT2D eigenvalue weighted by Gasteiger charge is -2.25. The maximum Gasteiger partial charge on any atom is 0.121 e. The molecule has 0 radical (unpaired) electrons. The highest BCUT2D eigenvalue weighted by atomic mass is 16.3. The fourth-order valence-corrected chi connectivity index (χ4v) is 1.37. The van der Waals surface area contributed by atoms with E-state index in [1.807, 2.05) is 29.3 Å². The Bertz CT molecular complexity index is 353. The Kier molecular flexibility index (Phi) is 4.70. The van der Waals surface area contributed by atoms with E-state index in [0.717, 1.165) is 17.8 Å². The third-order valence-electron chi connectivity index (χ3n) is 2.63. The van der Waals surface area contributed by atoms with E-state index in [1.54, 1.807) is 0 Å². The van der Waals surface area contributed by atoms with Crippen LogP contribution in [0.2, 0.25) is 0 Å². The summed E-state index contributed by atoms with van der Waals surface area (Å²) in [6, 6.07) is 0. The molecule has 1 aliphatic rings. The van der Waals surface area contributed by atoms with Gasteiger partial charge >= 0.3 is 0 Å². The van der Waals surface area contributed by atoms with Gasteiger partial charge in [-0.1, -0.05) is 44.2 Å². The van der Waals surface area contributed by atoms with Crippen LogP contribution in [0.15, 0.2) is 53.7 Å². The summed E-state index contributed by atoms with van der Waals surface area (Å²) >= 11 is 0. The number of nitrogens with zero attached hydrogens (tertiary/aromatic N) is 2. The number of nitroso groups, excluding NO2 is 1. The average Bonchev–Trinajstić information content (AvgIpc) is 2.28. The van der Waals surface area contributed by atoms with Gasteiger partial charge in [0.15, 0.2) is 0 Å². The Morgan fingerprint density at radius 2 is 2.38 bits per heavy atom. The summed E-state index contributed by atoms with van der Waals surface area (Å²) in [6.45, 7) is 8.41. The molecule has 16 heavy (non-hydrogen) atoms. The molecule has 0 amide bonds. The molecule has 3 nitrogen and oxygen atoms in total. The van der Waals surface area contributed by atoms with Crippen LogP contribution in [0.1, 0.15) is 20.3 Å². The molecule has 1 heterocycles. The summed E-state index contributed by atoms with van der Waals surface area (Å²) in [5.74, 6) is 0.518. The first-order chi connectivity index (χ1) is 7.69. The molecular weight excluding hydrogens is 200 g/mol. The standard InChI is InChI=1S/C13H18N2O/c1-4-11(2)8-9-15-12(3)6-5-7-13(15)10-14-16/h5-9,11H,3-4,10H2,1-2H3/b9-8-. The largest absolute Gasteiger partial charge is 0.320 e. The second kappa shape index (κ2) is 6.05. The van der Waals surface area contributed by atoms with E-state index in [4.69, 9.17) is 0 Å². The van der Waals surface area contributed by atoms with Crippen LogP contribution in [0, 0.1) is 10.8 Å². The van der Waals surface area contributed by atoms with E-state index in [9.17, 15) is 4.91 Å². The summed E-state index contributed by atoms with van der Waals surface area (Å²) in [5, 5.41) is 2.92. The van der Waals surface area contributed by atoms with Crippen molar-refractivity contribution in [3.8, 4) is 0 Å². The van der Waals surface area contributed by atoms with E-state index >= 15 is 0 Å². The molecule has 0 saturated heterocycles. The Morgan fingerprint density at radius 1 is 1.62 bits per heavy atom. The first kappa shape index (κ1) is 12.4. The molecule has 86 valence electrons. The van der Waals surface area contributed by atoms with Crippen molar-refractivity contribution in [2.75, 3.05) is 6.54 Å². The third-order valence-corrected chi connectivity index (χ3v) is 2.63. The van der Waals surface area contributed by atoms with Crippen LogP contribution in [0.4, 0.5) is 0 Å². The minimum absolute atomic E-state index is 0.175. The predicted octanol–water partition coefficient (Wildman–Crippen LogP) is 3.58. The summed E-state index contributed by atoms with van der Waals surface area (Å²) < 4.78 is 0. The molecular formula is C13H18N2O. The predicted molar refractivity (Wildman–Crippen MR) is 67.5 cm³/mol. The molecule has 0 bridgehead atoms. The summed E-state index contributed by atoms with van der Waals surface area (Å²) in [4.78, 5) is 12.2. The highest BCUT2D eigenvalue weighted by Crippen LogP contribution is 2.19. The van der Waals surface area contributed by atoms with Crippen LogP contribution in [-0.2, 0) is 0 Å². The third kappa shape index (κ3) is 3.19. The van der Waals surface area contributed by atoms with Crippen molar-refractivity contribution in [1.82, 2.24) is 4.90 Å². The molecule has 0 saturated carbocycles. The Balaban J connectivity index is 2.79. The van der Waals surface area contributed by atoms with Crippen LogP contribution < -0.4 is 0 Å². The van der Waals surface area contributed by atoms with Crippen LogP contribution in [0.25, 0.3) is 0 Å². The van der Waals surface area contributed by atoms with Gasteiger partial charge in [0.2, 0.25) is 0 Å². The van der Waals surface area contributed by atoms with Gasteiger partial charge in [0.25, 0.3) is 0 Å². The number of hydrogen-bond acceptors (Lipinski definition) is 3. The van der Waals surface area contributed by atoms with Crippen LogP contribution in [0.3, 0.4) is 0 Å². The molecule has 0 aliphatic carbocycles. The van der Waals surface area contributed by atoms with Crippen molar-refractivity contribution in [3.05, 3.63) is 53.4 Å². The van der Waals surface area contributed by atoms with Crippen molar-refractivity contribution in [3.63, 3.8) is 0 Å². The van der Waals surface area contributed by atoms with Gasteiger partial charge in [0, 0.05) is 17.6 Å². The number of hydrogen-bond donors (Lipinski definition) is 0. The van der Waals surface area contributed by atoms with Gasteiger partial charge in [-0.3, -0.25) is 0 Å². The summed E-state index contributed by atoms with van der Waals surface area (Å²) in [6.07, 6.45) is 10.9. The Hall–Kier alpha value is -1.64. The van der Waals surface area contributed by atoms with Crippen molar-refractivity contribution >= 4 is 0 Å². The van der Waals surface area contributed by atoms with E-state index in [1.165, 1.54) is 0 Å². The van der Waals surface area contributed by atoms with E-state index in [0.29, 0.717) is 5.92 Å². The first-order valence-corrected chi connectivity index (χ1v) is 5.51. The lowest BCUT2D eigenvalue weighted by Crippen LogP contribution is -2.18. The fraction of sp³-hybridized carbons (Fsp3) is 0.385. The number of rotatable bonds is 5. The van der Waals surface area contributed by atoms with Gasteiger partial charge in [-0.2, -0.15) is 4.91 Å². The minimum Gasteiger partial charge on any atom is -0.320 e. The molecule has 1 unspecified atom stereocenters. The molecule has 0 N–H and O–H groups in total. The monoisotopic (exact) mass is 218 g/mol. The average molecular weight is 218 g/mol. The number of allylic oxidation sites excluding steroid dienone is 4. The smallest absolute Gasteiger partial charge is 0.121 e. The molecule has 1 rings (SSSR count). The van der Waals surface area contributed by atoms with Crippen LogP contribution in [0.5, 0.6) is 0 Å². The second-order valence-corrected chi connectivity index (χ2v) is 3.89. The first-order valence-electron chi connectivity index (χ1n) is 5.51. The molecule has 0 spiro atoms. The molecule has 0 aromatic carbocycles. The van der Waals surface area contributed by atoms with Gasteiger partial charge < -0.3 is 4.90 Å². The topological polar surface area (TPSA) is 32.7 Å². The molecule has 0 aromatic heterocycles. The Morgan fingerprint density at radius 3 is 3.00 bits per heavy atom. The van der Waals surface area contributed by atoms with Crippen molar-refractivity contribution < 1.29 is 0 Å². The highest BCUT2D eigenvalue weighted by molar-refractivity contribution is 5.33. The summed E-state index contributed by atoms with van der Waals surface area (Å²) in [7, 11) is 0. The SMILES string of the molecule is C=C1C=CC=C(CN=O)N1/C=C\C(C)CC. The Labute approximate surface area is 96.8 Å². The maximum absolute atomic E-state index is 10.3. The zero-order valence-corrected chi connectivity index (χ0v) is 9.89. The van der Waals surface area contributed by atoms with Gasteiger partial charge in [0.05, 0.1) is 0 Å². The molecule has 0 aromatic rings.